The standard InChI is InChI=1S/C23H30FN5O2.HI/c1-3-25-23(27-17-22(30)26-16-18-8-10-19(31-2)11-9-18)29-14-12-28(13-15-29)21-7-5-4-6-20(21)24;/h4-11H,3,12-17H2,1-2H3,(H,25,27)(H,26,30);1H. The van der Waals surface area contributed by atoms with Crippen LogP contribution in [0.1, 0.15) is 12.5 Å². The number of hydrogen-bond donors (Lipinski definition) is 2. The average Bonchev–Trinajstić information content (AvgIpc) is 2.81. The van der Waals surface area contributed by atoms with E-state index in [1.807, 2.05) is 42.2 Å². The van der Waals surface area contributed by atoms with Crippen LogP contribution in [0.4, 0.5) is 10.1 Å². The average molecular weight is 555 g/mol. The summed E-state index contributed by atoms with van der Waals surface area (Å²) in [5.41, 5.74) is 1.62. The Bertz CT molecular complexity index is 886. The maximum absolute atomic E-state index is 14.1. The Balaban J connectivity index is 0.00000363. The molecule has 0 unspecified atom stereocenters. The smallest absolute Gasteiger partial charge is 0.242 e. The number of nitrogens with zero attached hydrogens (tertiary/aromatic N) is 3. The molecular formula is C23H31FIN5O2. The highest BCUT2D eigenvalue weighted by molar-refractivity contribution is 14.0. The van der Waals surface area contributed by atoms with Crippen molar-refractivity contribution in [1.29, 1.82) is 0 Å². The van der Waals surface area contributed by atoms with E-state index in [-0.39, 0.29) is 42.2 Å². The molecule has 1 saturated heterocycles. The van der Waals surface area contributed by atoms with Crippen LogP contribution in [0.15, 0.2) is 53.5 Å². The molecule has 0 aromatic heterocycles. The summed E-state index contributed by atoms with van der Waals surface area (Å²) in [4.78, 5) is 20.9. The van der Waals surface area contributed by atoms with E-state index in [0.717, 1.165) is 11.3 Å². The normalized spacial score (nSPS) is 13.9. The van der Waals surface area contributed by atoms with Crippen LogP contribution < -0.4 is 20.3 Å². The Morgan fingerprint density at radius 3 is 2.38 bits per heavy atom. The minimum absolute atomic E-state index is 0. The molecule has 0 saturated carbocycles. The number of guanidine groups is 1. The quantitative estimate of drug-likeness (QED) is 0.313. The number of hydrogen-bond acceptors (Lipinski definition) is 4. The maximum Gasteiger partial charge on any atom is 0.242 e. The zero-order valence-electron chi connectivity index (χ0n) is 18.5. The number of amides is 1. The minimum atomic E-state index is -0.204. The molecule has 1 heterocycles. The lowest BCUT2D eigenvalue weighted by Crippen LogP contribution is -2.53. The molecule has 174 valence electrons. The molecule has 2 aromatic carbocycles. The lowest BCUT2D eigenvalue weighted by atomic mass is 10.2. The molecule has 1 aliphatic heterocycles. The van der Waals surface area contributed by atoms with Crippen molar-refractivity contribution in [3.63, 3.8) is 0 Å². The van der Waals surface area contributed by atoms with Crippen molar-refractivity contribution in [2.45, 2.75) is 13.5 Å². The number of ether oxygens (including phenoxy) is 1. The first kappa shape index (κ1) is 25.7. The Morgan fingerprint density at radius 2 is 1.75 bits per heavy atom. The van der Waals surface area contributed by atoms with Crippen molar-refractivity contribution in [1.82, 2.24) is 15.5 Å². The van der Waals surface area contributed by atoms with Gasteiger partial charge >= 0.3 is 0 Å². The van der Waals surface area contributed by atoms with Gasteiger partial charge < -0.3 is 25.2 Å². The summed E-state index contributed by atoms with van der Waals surface area (Å²) in [6.07, 6.45) is 0. The van der Waals surface area contributed by atoms with Gasteiger partial charge in [-0.2, -0.15) is 0 Å². The van der Waals surface area contributed by atoms with E-state index in [4.69, 9.17) is 4.74 Å². The monoisotopic (exact) mass is 555 g/mol. The summed E-state index contributed by atoms with van der Waals surface area (Å²) in [6.45, 7) is 5.97. The van der Waals surface area contributed by atoms with E-state index < -0.39 is 0 Å². The summed E-state index contributed by atoms with van der Waals surface area (Å²) in [7, 11) is 1.62. The zero-order chi connectivity index (χ0) is 22.1. The van der Waals surface area contributed by atoms with Crippen molar-refractivity contribution in [3.8, 4) is 5.75 Å². The van der Waals surface area contributed by atoms with E-state index in [0.29, 0.717) is 50.9 Å². The minimum Gasteiger partial charge on any atom is -0.497 e. The summed E-state index contributed by atoms with van der Waals surface area (Å²) in [5, 5.41) is 6.14. The number of anilines is 1. The molecule has 0 bridgehead atoms. The number of halogens is 2. The first-order chi connectivity index (χ1) is 15.1. The second-order valence-electron chi connectivity index (χ2n) is 7.22. The number of carbonyl (C=O) groups excluding carboxylic acids is 1. The van der Waals surface area contributed by atoms with Gasteiger partial charge in [0, 0.05) is 39.3 Å². The number of aliphatic imine (C=N–C) groups is 1. The SMILES string of the molecule is CCNC(=NCC(=O)NCc1ccc(OC)cc1)N1CCN(c2ccccc2F)CC1.I. The molecule has 1 amide bonds. The Hall–Kier alpha value is -2.56. The molecule has 0 aliphatic carbocycles. The third-order valence-corrected chi connectivity index (χ3v) is 5.13. The molecule has 7 nitrogen and oxygen atoms in total. The topological polar surface area (TPSA) is 69.2 Å². The van der Waals surface area contributed by atoms with Gasteiger partial charge in [0.15, 0.2) is 5.96 Å². The zero-order valence-corrected chi connectivity index (χ0v) is 20.8. The first-order valence-corrected chi connectivity index (χ1v) is 10.5. The van der Waals surface area contributed by atoms with Gasteiger partial charge in [-0.05, 0) is 36.8 Å². The summed E-state index contributed by atoms with van der Waals surface area (Å²) >= 11 is 0. The van der Waals surface area contributed by atoms with Crippen molar-refractivity contribution in [2.75, 3.05) is 51.3 Å². The molecular weight excluding hydrogens is 524 g/mol. The molecule has 1 aliphatic rings. The van der Waals surface area contributed by atoms with Crippen molar-refractivity contribution in [2.24, 2.45) is 4.99 Å². The van der Waals surface area contributed by atoms with Crippen LogP contribution in [0.3, 0.4) is 0 Å². The van der Waals surface area contributed by atoms with Crippen LogP contribution in [-0.4, -0.2) is 63.1 Å². The van der Waals surface area contributed by atoms with Crippen LogP contribution >= 0.6 is 24.0 Å². The number of para-hydroxylation sites is 1. The number of methoxy groups -OCH3 is 1. The predicted octanol–water partition coefficient (Wildman–Crippen LogP) is 2.86. The fraction of sp³-hybridized carbons (Fsp3) is 0.391. The van der Waals surface area contributed by atoms with E-state index in [1.165, 1.54) is 6.07 Å². The number of nitrogens with one attached hydrogen (secondary N) is 2. The molecule has 32 heavy (non-hydrogen) atoms. The highest BCUT2D eigenvalue weighted by Gasteiger charge is 2.21. The van der Waals surface area contributed by atoms with Gasteiger partial charge in [0.2, 0.25) is 5.91 Å². The third kappa shape index (κ3) is 7.25. The molecule has 0 radical (unpaired) electrons. The van der Waals surface area contributed by atoms with E-state index in [9.17, 15) is 9.18 Å². The van der Waals surface area contributed by atoms with Gasteiger partial charge in [-0.1, -0.05) is 24.3 Å². The van der Waals surface area contributed by atoms with Gasteiger partial charge in [0.05, 0.1) is 12.8 Å². The van der Waals surface area contributed by atoms with Gasteiger partial charge in [0.25, 0.3) is 0 Å². The van der Waals surface area contributed by atoms with Gasteiger partial charge in [-0.15, -0.1) is 24.0 Å². The number of carbonyl (C=O) groups is 1. The summed E-state index contributed by atoms with van der Waals surface area (Å²) < 4.78 is 19.2. The third-order valence-electron chi connectivity index (χ3n) is 5.13. The molecule has 2 aromatic rings. The van der Waals surface area contributed by atoms with Crippen LogP contribution in [0.2, 0.25) is 0 Å². The Labute approximate surface area is 206 Å². The molecule has 9 heteroatoms. The second-order valence-corrected chi connectivity index (χ2v) is 7.22. The predicted molar refractivity (Wildman–Crippen MR) is 136 cm³/mol. The fourth-order valence-electron chi connectivity index (χ4n) is 3.44. The number of rotatable bonds is 7. The Morgan fingerprint density at radius 1 is 1.06 bits per heavy atom. The van der Waals surface area contributed by atoms with E-state index >= 15 is 0 Å². The van der Waals surface area contributed by atoms with Crippen molar-refractivity contribution < 1.29 is 13.9 Å². The summed E-state index contributed by atoms with van der Waals surface area (Å²) in [5.74, 6) is 1.14. The Kier molecular flexibility index (Phi) is 10.5. The largest absolute Gasteiger partial charge is 0.497 e. The first-order valence-electron chi connectivity index (χ1n) is 10.5. The molecule has 3 rings (SSSR count). The van der Waals surface area contributed by atoms with Crippen LogP contribution in [0, 0.1) is 5.82 Å². The molecule has 1 fully saturated rings. The lowest BCUT2D eigenvalue weighted by Gasteiger charge is -2.37. The number of benzene rings is 2. The van der Waals surface area contributed by atoms with Gasteiger partial charge in [-0.25, -0.2) is 9.38 Å². The van der Waals surface area contributed by atoms with Gasteiger partial charge in [-0.3, -0.25) is 4.79 Å². The lowest BCUT2D eigenvalue weighted by molar-refractivity contribution is -0.119. The van der Waals surface area contributed by atoms with Crippen LogP contribution in [-0.2, 0) is 11.3 Å². The second kappa shape index (κ2) is 13.1. The van der Waals surface area contributed by atoms with Crippen molar-refractivity contribution >= 4 is 41.5 Å². The number of piperazine rings is 1. The van der Waals surface area contributed by atoms with E-state index in [2.05, 4.69) is 20.5 Å². The molecule has 2 N–H and O–H groups in total. The highest BCUT2D eigenvalue weighted by Crippen LogP contribution is 2.20. The van der Waals surface area contributed by atoms with E-state index in [1.54, 1.807) is 19.2 Å². The molecule has 0 atom stereocenters. The summed E-state index contributed by atoms with van der Waals surface area (Å²) in [6, 6.07) is 14.4. The van der Waals surface area contributed by atoms with Crippen molar-refractivity contribution in [3.05, 3.63) is 59.9 Å². The van der Waals surface area contributed by atoms with Crippen LogP contribution in [0.25, 0.3) is 0 Å². The van der Waals surface area contributed by atoms with Gasteiger partial charge in [0.1, 0.15) is 18.1 Å². The maximum atomic E-state index is 14.1. The van der Waals surface area contributed by atoms with Crippen LogP contribution in [0.5, 0.6) is 5.75 Å². The highest BCUT2D eigenvalue weighted by atomic mass is 127. The molecule has 0 spiro atoms. The fourth-order valence-corrected chi connectivity index (χ4v) is 3.44.